The smallest absolute Gasteiger partial charge is 0.316 e. The van der Waals surface area contributed by atoms with Crippen LogP contribution in [0.15, 0.2) is 41.7 Å². The summed E-state index contributed by atoms with van der Waals surface area (Å²) in [4.78, 5) is 26.1. The van der Waals surface area contributed by atoms with Crippen LogP contribution in [0.25, 0.3) is 0 Å². The molecule has 1 heterocycles. The van der Waals surface area contributed by atoms with E-state index in [-0.39, 0.29) is 17.9 Å². The first-order valence-electron chi connectivity index (χ1n) is 9.84. The topological polar surface area (TPSA) is 55.4 Å². The standard InChI is InChI=1S/C22H23Cl2NO3/c1-12-18(22(27)28-13-6-2-3-7-13)19(14-8-4-9-15(23)21(14)24)20-16(25-12)10-5-11-17(20)26/h4,8-9,13,18-19,25H,1-3,5-7,10-11H2. The molecule has 4 nitrogen and oxygen atoms in total. The Balaban J connectivity index is 1.79. The summed E-state index contributed by atoms with van der Waals surface area (Å²) < 4.78 is 5.81. The highest BCUT2D eigenvalue weighted by Gasteiger charge is 2.45. The van der Waals surface area contributed by atoms with E-state index in [9.17, 15) is 9.59 Å². The minimum Gasteiger partial charge on any atom is -0.462 e. The van der Waals surface area contributed by atoms with Crippen LogP contribution >= 0.6 is 23.2 Å². The van der Waals surface area contributed by atoms with Crippen LogP contribution in [0.1, 0.15) is 56.4 Å². The zero-order valence-electron chi connectivity index (χ0n) is 15.6. The Kier molecular flexibility index (Phi) is 5.52. The van der Waals surface area contributed by atoms with Gasteiger partial charge in [-0.05, 0) is 50.2 Å². The van der Waals surface area contributed by atoms with Crippen molar-refractivity contribution in [3.63, 3.8) is 0 Å². The number of benzene rings is 1. The van der Waals surface area contributed by atoms with Gasteiger partial charge in [-0.3, -0.25) is 9.59 Å². The lowest BCUT2D eigenvalue weighted by Crippen LogP contribution is -2.41. The van der Waals surface area contributed by atoms with Crippen LogP contribution in [0, 0.1) is 5.92 Å². The Morgan fingerprint density at radius 2 is 1.89 bits per heavy atom. The van der Waals surface area contributed by atoms with Crippen molar-refractivity contribution in [3.05, 3.63) is 57.4 Å². The predicted molar refractivity (Wildman–Crippen MR) is 109 cm³/mol. The van der Waals surface area contributed by atoms with Crippen LogP contribution < -0.4 is 5.32 Å². The molecular weight excluding hydrogens is 397 g/mol. The summed E-state index contributed by atoms with van der Waals surface area (Å²) in [5.41, 5.74) is 2.69. The molecule has 1 aromatic carbocycles. The van der Waals surface area contributed by atoms with Crippen LogP contribution in [-0.2, 0) is 14.3 Å². The minimum absolute atomic E-state index is 0.0426. The normalized spacial score (nSPS) is 25.5. The van der Waals surface area contributed by atoms with Gasteiger partial charge in [-0.15, -0.1) is 0 Å². The molecule has 6 heteroatoms. The lowest BCUT2D eigenvalue weighted by Gasteiger charge is -2.38. The molecule has 3 aliphatic rings. The van der Waals surface area contributed by atoms with E-state index < -0.39 is 11.8 Å². The Morgan fingerprint density at radius 3 is 2.64 bits per heavy atom. The molecule has 2 aliphatic carbocycles. The van der Waals surface area contributed by atoms with Crippen LogP contribution in [0.2, 0.25) is 10.0 Å². The van der Waals surface area contributed by atoms with Crippen molar-refractivity contribution in [1.29, 1.82) is 0 Å². The van der Waals surface area contributed by atoms with Crippen LogP contribution in [-0.4, -0.2) is 17.9 Å². The number of ketones is 1. The maximum absolute atomic E-state index is 13.2. The van der Waals surface area contributed by atoms with Gasteiger partial charge in [0, 0.05) is 29.3 Å². The molecule has 0 aromatic heterocycles. The van der Waals surface area contributed by atoms with Gasteiger partial charge in [-0.2, -0.15) is 0 Å². The van der Waals surface area contributed by atoms with Gasteiger partial charge in [-0.1, -0.05) is 41.9 Å². The van der Waals surface area contributed by atoms with Gasteiger partial charge in [0.1, 0.15) is 12.0 Å². The molecule has 0 bridgehead atoms. The largest absolute Gasteiger partial charge is 0.462 e. The molecule has 1 N–H and O–H groups in total. The van der Waals surface area contributed by atoms with E-state index in [1.807, 2.05) is 6.07 Å². The highest BCUT2D eigenvalue weighted by molar-refractivity contribution is 6.42. The fourth-order valence-corrected chi connectivity index (χ4v) is 5.04. The van der Waals surface area contributed by atoms with E-state index in [1.54, 1.807) is 12.1 Å². The molecule has 1 aromatic rings. The Morgan fingerprint density at radius 1 is 1.14 bits per heavy atom. The van der Waals surface area contributed by atoms with Gasteiger partial charge in [0.2, 0.25) is 0 Å². The van der Waals surface area contributed by atoms with Gasteiger partial charge in [0.25, 0.3) is 0 Å². The molecular formula is C22H23Cl2NO3. The second kappa shape index (κ2) is 7.92. The molecule has 1 aliphatic heterocycles. The number of halogens is 2. The van der Waals surface area contributed by atoms with Crippen LogP contribution in [0.3, 0.4) is 0 Å². The number of allylic oxidation sites excluding steroid dienone is 2. The van der Waals surface area contributed by atoms with E-state index in [4.69, 9.17) is 27.9 Å². The fourth-order valence-electron chi connectivity index (χ4n) is 4.61. The summed E-state index contributed by atoms with van der Waals surface area (Å²) in [6.45, 7) is 4.10. The van der Waals surface area contributed by atoms with E-state index in [1.165, 1.54) is 0 Å². The number of rotatable bonds is 3. The number of hydrogen-bond donors (Lipinski definition) is 1. The van der Waals surface area contributed by atoms with Gasteiger partial charge in [0.05, 0.1) is 10.0 Å². The molecule has 1 saturated carbocycles. The van der Waals surface area contributed by atoms with Crippen molar-refractivity contribution in [2.24, 2.45) is 5.92 Å². The average Bonchev–Trinajstić information content (AvgIpc) is 3.16. The first kappa shape index (κ1) is 19.5. The Labute approximate surface area is 174 Å². The van der Waals surface area contributed by atoms with E-state index in [2.05, 4.69) is 11.9 Å². The van der Waals surface area contributed by atoms with Crippen LogP contribution in [0.4, 0.5) is 0 Å². The lowest BCUT2D eigenvalue weighted by atomic mass is 9.71. The average molecular weight is 420 g/mol. The Bertz CT molecular complexity index is 871. The third kappa shape index (κ3) is 3.48. The van der Waals surface area contributed by atoms with Crippen LogP contribution in [0.5, 0.6) is 0 Å². The molecule has 1 fully saturated rings. The number of Topliss-reactive ketones (excluding diaryl/α,β-unsaturated/α-hetero) is 1. The van der Waals surface area contributed by atoms with Crippen molar-refractivity contribution >= 4 is 35.0 Å². The van der Waals surface area contributed by atoms with Crippen molar-refractivity contribution in [3.8, 4) is 0 Å². The molecule has 2 atom stereocenters. The monoisotopic (exact) mass is 419 g/mol. The van der Waals surface area contributed by atoms with E-state index >= 15 is 0 Å². The van der Waals surface area contributed by atoms with Gasteiger partial charge >= 0.3 is 5.97 Å². The van der Waals surface area contributed by atoms with Gasteiger partial charge in [-0.25, -0.2) is 0 Å². The molecule has 0 radical (unpaired) electrons. The molecule has 148 valence electrons. The zero-order valence-corrected chi connectivity index (χ0v) is 17.1. The third-order valence-electron chi connectivity index (χ3n) is 5.94. The quantitative estimate of drug-likeness (QED) is 0.674. The number of carbonyl (C=O) groups is 2. The molecule has 4 rings (SSSR count). The number of hydrogen-bond acceptors (Lipinski definition) is 4. The second-order valence-corrected chi connectivity index (χ2v) is 8.55. The van der Waals surface area contributed by atoms with Gasteiger partial charge in [0.15, 0.2) is 5.78 Å². The SMILES string of the molecule is C=C1NC2=C(C(=O)CCC2)C(c2cccc(Cl)c2Cl)C1C(=O)OC1CCCC1. The summed E-state index contributed by atoms with van der Waals surface area (Å²) in [7, 11) is 0. The van der Waals surface area contributed by atoms with E-state index in [0.717, 1.165) is 44.2 Å². The summed E-state index contributed by atoms with van der Waals surface area (Å²) >= 11 is 12.8. The summed E-state index contributed by atoms with van der Waals surface area (Å²) in [6.07, 6.45) is 5.84. The molecule has 0 amide bonds. The van der Waals surface area contributed by atoms with Crippen molar-refractivity contribution in [1.82, 2.24) is 5.32 Å². The number of ether oxygens (including phenoxy) is 1. The van der Waals surface area contributed by atoms with E-state index in [0.29, 0.717) is 33.3 Å². The molecule has 2 unspecified atom stereocenters. The van der Waals surface area contributed by atoms with Crippen molar-refractivity contribution < 1.29 is 14.3 Å². The van der Waals surface area contributed by atoms with Crippen molar-refractivity contribution in [2.45, 2.75) is 57.0 Å². The lowest BCUT2D eigenvalue weighted by molar-refractivity contribution is -0.153. The molecule has 0 spiro atoms. The maximum Gasteiger partial charge on any atom is 0.316 e. The summed E-state index contributed by atoms with van der Waals surface area (Å²) in [5, 5.41) is 3.99. The number of nitrogens with one attached hydrogen (secondary N) is 1. The maximum atomic E-state index is 13.2. The number of carbonyl (C=O) groups excluding carboxylic acids is 2. The predicted octanol–water partition coefficient (Wildman–Crippen LogP) is 5.30. The second-order valence-electron chi connectivity index (χ2n) is 7.76. The molecule has 0 saturated heterocycles. The molecule has 28 heavy (non-hydrogen) atoms. The first-order valence-corrected chi connectivity index (χ1v) is 10.6. The third-order valence-corrected chi connectivity index (χ3v) is 6.78. The van der Waals surface area contributed by atoms with Crippen molar-refractivity contribution in [2.75, 3.05) is 0 Å². The Hall–Kier alpha value is -1.78. The summed E-state index contributed by atoms with van der Waals surface area (Å²) in [6, 6.07) is 5.33. The minimum atomic E-state index is -0.711. The van der Waals surface area contributed by atoms with Gasteiger partial charge < -0.3 is 10.1 Å². The highest BCUT2D eigenvalue weighted by Crippen LogP contribution is 2.47. The highest BCUT2D eigenvalue weighted by atomic mass is 35.5. The zero-order chi connectivity index (χ0) is 19.8. The number of esters is 1. The summed E-state index contributed by atoms with van der Waals surface area (Å²) in [5.74, 6) is -1.55. The first-order chi connectivity index (χ1) is 13.5. The fraction of sp³-hybridized carbons (Fsp3) is 0.455.